The number of likely N-dealkylation sites (tertiary alicyclic amines) is 1. The highest BCUT2D eigenvalue weighted by molar-refractivity contribution is 5.94. The van der Waals surface area contributed by atoms with E-state index in [4.69, 9.17) is 9.72 Å². The van der Waals surface area contributed by atoms with E-state index in [-0.39, 0.29) is 17.5 Å². The smallest absolute Gasteiger partial charge is 0.255 e. The first kappa shape index (κ1) is 21.3. The molecule has 0 aliphatic carbocycles. The Morgan fingerprint density at radius 1 is 1.15 bits per heavy atom. The maximum atomic E-state index is 13.0. The zero-order valence-corrected chi connectivity index (χ0v) is 18.7. The third-order valence-corrected chi connectivity index (χ3v) is 6.49. The number of ether oxygens (including phenoxy) is 1. The first-order chi connectivity index (χ1) is 16.1. The molecule has 1 fully saturated rings. The fourth-order valence-corrected chi connectivity index (χ4v) is 4.74. The van der Waals surface area contributed by atoms with E-state index in [0.717, 1.165) is 42.9 Å². The predicted octanol–water partition coefficient (Wildman–Crippen LogP) is 2.71. The van der Waals surface area contributed by atoms with Crippen molar-refractivity contribution in [2.75, 3.05) is 20.2 Å². The number of methoxy groups -OCH3 is 1. The highest BCUT2D eigenvalue weighted by Crippen LogP contribution is 2.31. The van der Waals surface area contributed by atoms with E-state index in [0.29, 0.717) is 30.9 Å². The highest BCUT2D eigenvalue weighted by Gasteiger charge is 2.33. The molecule has 3 aromatic rings. The van der Waals surface area contributed by atoms with Crippen LogP contribution in [0, 0.1) is 0 Å². The largest absolute Gasteiger partial charge is 0.497 e. The number of nitrogens with zero attached hydrogens (tertiary/aromatic N) is 4. The number of benzene rings is 1. The number of H-pyrrole nitrogens is 1. The van der Waals surface area contributed by atoms with Crippen molar-refractivity contribution >= 4 is 5.91 Å². The molecule has 0 radical (unpaired) electrons. The number of aromatic amines is 1. The number of rotatable bonds is 5. The number of amides is 1. The second-order valence-electron chi connectivity index (χ2n) is 8.58. The Morgan fingerprint density at radius 2 is 1.94 bits per heavy atom. The zero-order chi connectivity index (χ0) is 22.8. The van der Waals surface area contributed by atoms with Gasteiger partial charge in [-0.1, -0.05) is 12.1 Å². The van der Waals surface area contributed by atoms with Crippen molar-refractivity contribution in [1.29, 1.82) is 0 Å². The van der Waals surface area contributed by atoms with Gasteiger partial charge in [0.2, 0.25) is 0 Å². The normalized spacial score (nSPS) is 18.2. The van der Waals surface area contributed by atoms with Gasteiger partial charge in [-0.05, 0) is 42.7 Å². The molecule has 2 aromatic heterocycles. The maximum Gasteiger partial charge on any atom is 0.255 e. The van der Waals surface area contributed by atoms with Gasteiger partial charge in [0, 0.05) is 50.6 Å². The number of aromatic nitrogens is 3. The third kappa shape index (κ3) is 4.39. The molecule has 170 valence electrons. The molecule has 0 spiro atoms. The molecule has 1 atom stereocenters. The van der Waals surface area contributed by atoms with E-state index < -0.39 is 0 Å². The fraction of sp³-hybridized carbons (Fsp3) is 0.360. The zero-order valence-electron chi connectivity index (χ0n) is 18.7. The Labute approximate surface area is 192 Å². The van der Waals surface area contributed by atoms with Gasteiger partial charge in [-0.25, -0.2) is 4.98 Å². The van der Waals surface area contributed by atoms with Gasteiger partial charge in [0.15, 0.2) is 0 Å². The van der Waals surface area contributed by atoms with Crippen molar-refractivity contribution in [3.05, 3.63) is 87.4 Å². The molecule has 8 nitrogen and oxygen atoms in total. The van der Waals surface area contributed by atoms with E-state index in [1.54, 1.807) is 31.6 Å². The molecule has 1 saturated heterocycles. The van der Waals surface area contributed by atoms with Crippen molar-refractivity contribution < 1.29 is 9.53 Å². The molecule has 5 rings (SSSR count). The van der Waals surface area contributed by atoms with Crippen LogP contribution in [0.2, 0.25) is 0 Å². The van der Waals surface area contributed by atoms with E-state index in [1.807, 2.05) is 17.0 Å². The topological polar surface area (TPSA) is 91.4 Å². The van der Waals surface area contributed by atoms with Crippen molar-refractivity contribution in [2.45, 2.75) is 38.4 Å². The second-order valence-corrected chi connectivity index (χ2v) is 8.58. The number of hydrogen-bond donors (Lipinski definition) is 1. The highest BCUT2D eigenvalue weighted by atomic mass is 16.5. The van der Waals surface area contributed by atoms with Crippen molar-refractivity contribution in [3.63, 3.8) is 0 Å². The van der Waals surface area contributed by atoms with E-state index >= 15 is 0 Å². The summed E-state index contributed by atoms with van der Waals surface area (Å²) < 4.78 is 5.23. The summed E-state index contributed by atoms with van der Waals surface area (Å²) in [7, 11) is 1.66. The van der Waals surface area contributed by atoms with Crippen molar-refractivity contribution in [2.24, 2.45) is 0 Å². The summed E-state index contributed by atoms with van der Waals surface area (Å²) in [6, 6.07) is 11.2. The number of carbonyl (C=O) groups is 1. The third-order valence-electron chi connectivity index (χ3n) is 6.49. The van der Waals surface area contributed by atoms with Crippen LogP contribution in [0.15, 0.2) is 53.6 Å². The molecule has 2 aliphatic rings. The molecule has 8 heteroatoms. The number of nitrogens with one attached hydrogen (secondary N) is 1. The first-order valence-electron chi connectivity index (χ1n) is 11.3. The predicted molar refractivity (Wildman–Crippen MR) is 123 cm³/mol. The van der Waals surface area contributed by atoms with Crippen molar-refractivity contribution in [3.8, 4) is 5.75 Å². The van der Waals surface area contributed by atoms with Gasteiger partial charge in [0.25, 0.3) is 11.5 Å². The standard InChI is InChI=1S/C25H27N5O3/c1-33-19-6-4-17(5-7-19)15-29-14-10-21-20(16-29)24(31)28-23(27-21)22-3-2-13-30(22)25(32)18-8-11-26-12-9-18/h4-9,11-12,22H,2-3,10,13-16H2,1H3,(H,27,28,31). The number of hydrogen-bond acceptors (Lipinski definition) is 6. The van der Waals surface area contributed by atoms with Gasteiger partial charge >= 0.3 is 0 Å². The van der Waals surface area contributed by atoms with Gasteiger partial charge in [0.1, 0.15) is 11.6 Å². The lowest BCUT2D eigenvalue weighted by Crippen LogP contribution is -2.37. The first-order valence-corrected chi connectivity index (χ1v) is 11.3. The van der Waals surface area contributed by atoms with Crippen LogP contribution in [0.5, 0.6) is 5.75 Å². The molecule has 0 saturated carbocycles. The van der Waals surface area contributed by atoms with E-state index in [9.17, 15) is 9.59 Å². The molecule has 1 N–H and O–H groups in total. The van der Waals surface area contributed by atoms with Crippen LogP contribution in [0.25, 0.3) is 0 Å². The van der Waals surface area contributed by atoms with Gasteiger partial charge in [-0.2, -0.15) is 0 Å². The van der Waals surface area contributed by atoms with Crippen LogP contribution in [-0.2, 0) is 19.5 Å². The average Bonchev–Trinajstić information content (AvgIpc) is 3.35. The number of carbonyl (C=O) groups excluding carboxylic acids is 1. The summed E-state index contributed by atoms with van der Waals surface area (Å²) in [5.74, 6) is 1.38. The minimum Gasteiger partial charge on any atom is -0.497 e. The minimum atomic E-state index is -0.207. The number of pyridine rings is 1. The van der Waals surface area contributed by atoms with Crippen LogP contribution in [0.1, 0.15) is 51.9 Å². The minimum absolute atomic E-state index is 0.0501. The monoisotopic (exact) mass is 445 g/mol. The van der Waals surface area contributed by atoms with Gasteiger partial charge in [-0.3, -0.25) is 19.5 Å². The van der Waals surface area contributed by atoms with Gasteiger partial charge in [0.05, 0.1) is 24.4 Å². The summed E-state index contributed by atoms with van der Waals surface area (Å²) in [5.41, 5.74) is 3.26. The maximum absolute atomic E-state index is 13.0. The molecule has 1 aromatic carbocycles. The van der Waals surface area contributed by atoms with Crippen LogP contribution >= 0.6 is 0 Å². The Balaban J connectivity index is 1.33. The van der Waals surface area contributed by atoms with E-state index in [2.05, 4.69) is 27.0 Å². The lowest BCUT2D eigenvalue weighted by Gasteiger charge is -2.29. The molecule has 1 unspecified atom stereocenters. The fourth-order valence-electron chi connectivity index (χ4n) is 4.74. The summed E-state index contributed by atoms with van der Waals surface area (Å²) >= 11 is 0. The Morgan fingerprint density at radius 3 is 2.70 bits per heavy atom. The molecule has 0 bridgehead atoms. The Kier molecular flexibility index (Phi) is 5.92. The van der Waals surface area contributed by atoms with Crippen LogP contribution < -0.4 is 10.3 Å². The summed E-state index contributed by atoms with van der Waals surface area (Å²) in [5, 5.41) is 0. The lowest BCUT2D eigenvalue weighted by molar-refractivity contribution is 0.0729. The Hall–Kier alpha value is -3.52. The SMILES string of the molecule is COc1ccc(CN2CCc3nc(C4CCCN4C(=O)c4ccncc4)[nH]c(=O)c3C2)cc1. The molecule has 33 heavy (non-hydrogen) atoms. The molecular formula is C25H27N5O3. The van der Waals surface area contributed by atoms with E-state index in [1.165, 1.54) is 5.56 Å². The van der Waals surface area contributed by atoms with Crippen LogP contribution in [0.3, 0.4) is 0 Å². The average molecular weight is 446 g/mol. The summed E-state index contributed by atoms with van der Waals surface area (Å²) in [6.45, 7) is 2.82. The number of fused-ring (bicyclic) bond motifs is 1. The van der Waals surface area contributed by atoms with Gasteiger partial charge < -0.3 is 14.6 Å². The molecule has 2 aliphatic heterocycles. The quantitative estimate of drug-likeness (QED) is 0.649. The lowest BCUT2D eigenvalue weighted by atomic mass is 10.0. The van der Waals surface area contributed by atoms with Crippen LogP contribution in [-0.4, -0.2) is 50.9 Å². The molecule has 1 amide bonds. The Bertz CT molecular complexity index is 1190. The molecular weight excluding hydrogens is 418 g/mol. The van der Waals surface area contributed by atoms with Gasteiger partial charge in [-0.15, -0.1) is 0 Å². The van der Waals surface area contributed by atoms with Crippen LogP contribution in [0.4, 0.5) is 0 Å². The molecule has 4 heterocycles. The summed E-state index contributed by atoms with van der Waals surface area (Å²) in [6.07, 6.45) is 5.64. The second kappa shape index (κ2) is 9.15. The summed E-state index contributed by atoms with van der Waals surface area (Å²) in [4.78, 5) is 42.0. The van der Waals surface area contributed by atoms with Crippen molar-refractivity contribution in [1.82, 2.24) is 24.8 Å².